The summed E-state index contributed by atoms with van der Waals surface area (Å²) < 4.78 is 0. The summed E-state index contributed by atoms with van der Waals surface area (Å²) >= 11 is 4.06. The molecule has 160 valence electrons. The monoisotopic (exact) mass is 399 g/mol. The lowest BCUT2D eigenvalue weighted by molar-refractivity contribution is -0.138. The molecule has 0 saturated carbocycles. The van der Waals surface area contributed by atoms with Crippen molar-refractivity contribution in [2.75, 3.05) is 12.3 Å². The fraction of sp³-hybridized carbons (Fsp3) is 0.870. The molecule has 3 atom stereocenters. The molecule has 0 aliphatic rings. The van der Waals surface area contributed by atoms with E-state index in [4.69, 9.17) is 5.11 Å². The molecule has 0 aromatic heterocycles. The van der Waals surface area contributed by atoms with Crippen molar-refractivity contribution in [3.05, 3.63) is 11.6 Å². The first kappa shape index (κ1) is 26.5. The highest BCUT2D eigenvalue weighted by Gasteiger charge is 2.13. The second-order valence-electron chi connectivity index (χ2n) is 8.89. The van der Waals surface area contributed by atoms with Gasteiger partial charge in [-0.05, 0) is 37.5 Å². The Balaban J connectivity index is 3.75. The van der Waals surface area contributed by atoms with Gasteiger partial charge in [0.2, 0.25) is 0 Å². The molecule has 0 bridgehead atoms. The molecular weight excluding hydrogens is 354 g/mol. The third kappa shape index (κ3) is 16.2. The molecule has 0 aromatic carbocycles. The number of hydrogen-bond acceptors (Lipinski definition) is 3. The third-order valence-electron chi connectivity index (χ3n) is 5.44. The van der Waals surface area contributed by atoms with E-state index in [1.54, 1.807) is 0 Å². The lowest BCUT2D eigenvalue weighted by Crippen LogP contribution is -2.38. The zero-order chi connectivity index (χ0) is 20.7. The molecule has 3 nitrogen and oxygen atoms in total. The van der Waals surface area contributed by atoms with Gasteiger partial charge in [-0.15, -0.1) is 0 Å². The Bertz CT molecular complexity index is 409. The molecule has 0 unspecified atom stereocenters. The maximum Gasteiger partial charge on any atom is 0.321 e. The second-order valence-corrected chi connectivity index (χ2v) is 9.26. The van der Waals surface area contributed by atoms with Gasteiger partial charge in [0.25, 0.3) is 0 Å². The average molecular weight is 400 g/mol. The minimum atomic E-state index is -0.834. The van der Waals surface area contributed by atoms with E-state index in [1.165, 1.54) is 56.9 Å². The molecule has 0 heterocycles. The van der Waals surface area contributed by atoms with Crippen LogP contribution in [-0.4, -0.2) is 29.4 Å². The van der Waals surface area contributed by atoms with Crippen molar-refractivity contribution in [1.29, 1.82) is 0 Å². The van der Waals surface area contributed by atoms with E-state index in [2.05, 4.69) is 58.6 Å². The Morgan fingerprint density at radius 1 is 0.963 bits per heavy atom. The molecule has 2 N–H and O–H groups in total. The fourth-order valence-corrected chi connectivity index (χ4v) is 3.70. The van der Waals surface area contributed by atoms with Crippen LogP contribution in [0, 0.1) is 17.8 Å². The minimum absolute atomic E-state index is 0.316. The Morgan fingerprint density at radius 2 is 1.48 bits per heavy atom. The number of aliphatic carboxylic acids is 1. The van der Waals surface area contributed by atoms with Gasteiger partial charge in [-0.3, -0.25) is 4.79 Å². The summed E-state index contributed by atoms with van der Waals surface area (Å²) in [7, 11) is 0. The van der Waals surface area contributed by atoms with Crippen molar-refractivity contribution >= 4 is 18.6 Å². The van der Waals surface area contributed by atoms with Gasteiger partial charge in [0.05, 0.1) is 0 Å². The van der Waals surface area contributed by atoms with Gasteiger partial charge in [0.15, 0.2) is 0 Å². The van der Waals surface area contributed by atoms with E-state index in [1.807, 2.05) is 0 Å². The predicted octanol–water partition coefficient (Wildman–Crippen LogP) is 6.34. The lowest BCUT2D eigenvalue weighted by Gasteiger charge is -2.15. The lowest BCUT2D eigenvalue weighted by atomic mass is 9.91. The molecule has 0 aliphatic heterocycles. The zero-order valence-electron chi connectivity index (χ0n) is 18.5. The van der Waals surface area contributed by atoms with Crippen molar-refractivity contribution in [3.8, 4) is 0 Å². The van der Waals surface area contributed by atoms with Crippen LogP contribution in [-0.2, 0) is 4.79 Å². The van der Waals surface area contributed by atoms with Gasteiger partial charge in [-0.25, -0.2) is 0 Å². The highest BCUT2D eigenvalue weighted by Crippen LogP contribution is 2.21. The maximum absolute atomic E-state index is 10.9. The van der Waals surface area contributed by atoms with Gasteiger partial charge in [-0.1, -0.05) is 84.3 Å². The van der Waals surface area contributed by atoms with Gasteiger partial charge in [-0.2, -0.15) is 12.6 Å². The molecule has 0 saturated heterocycles. The number of hydrogen-bond donors (Lipinski definition) is 3. The first-order valence-electron chi connectivity index (χ1n) is 11.0. The number of rotatable bonds is 17. The molecule has 4 heteroatoms. The van der Waals surface area contributed by atoms with E-state index in [9.17, 15) is 4.79 Å². The summed E-state index contributed by atoms with van der Waals surface area (Å²) in [5.41, 5.74) is 1.34. The van der Waals surface area contributed by atoms with Crippen molar-refractivity contribution in [3.63, 3.8) is 0 Å². The van der Waals surface area contributed by atoms with E-state index in [0.717, 1.165) is 24.2 Å². The van der Waals surface area contributed by atoms with Gasteiger partial charge < -0.3 is 10.4 Å². The van der Waals surface area contributed by atoms with E-state index in [-0.39, 0.29) is 0 Å². The summed E-state index contributed by atoms with van der Waals surface area (Å²) in [5, 5.41) is 12.0. The van der Waals surface area contributed by atoms with Crippen LogP contribution < -0.4 is 5.32 Å². The van der Waals surface area contributed by atoms with Crippen LogP contribution in [0.15, 0.2) is 11.6 Å². The normalized spacial score (nSPS) is 15.7. The summed E-state index contributed by atoms with van der Waals surface area (Å²) in [6, 6.07) is -0.565. The molecule has 0 aromatic rings. The molecule has 0 spiro atoms. The van der Waals surface area contributed by atoms with Crippen LogP contribution in [0.2, 0.25) is 0 Å². The Kier molecular flexibility index (Phi) is 16.2. The maximum atomic E-state index is 10.9. The first-order chi connectivity index (χ1) is 12.8. The quantitative estimate of drug-likeness (QED) is 0.197. The minimum Gasteiger partial charge on any atom is -0.480 e. The Hall–Kier alpha value is -0.480. The molecule has 0 aliphatic carbocycles. The van der Waals surface area contributed by atoms with Gasteiger partial charge >= 0.3 is 5.97 Å². The van der Waals surface area contributed by atoms with E-state index >= 15 is 0 Å². The van der Waals surface area contributed by atoms with Crippen molar-refractivity contribution in [2.24, 2.45) is 17.8 Å². The smallest absolute Gasteiger partial charge is 0.321 e. The molecular formula is C23H45NO2S. The summed E-state index contributed by atoms with van der Waals surface area (Å²) in [4.78, 5) is 10.9. The topological polar surface area (TPSA) is 49.3 Å². The number of nitrogens with one attached hydrogen (secondary N) is 1. The largest absolute Gasteiger partial charge is 0.480 e. The van der Waals surface area contributed by atoms with Crippen molar-refractivity contribution in [1.82, 2.24) is 5.32 Å². The summed E-state index contributed by atoms with van der Waals surface area (Å²) in [6.45, 7) is 12.2. The summed E-state index contributed by atoms with van der Waals surface area (Å²) in [6.07, 6.45) is 14.0. The number of allylic oxidation sites excluding steroid dienone is 1. The van der Waals surface area contributed by atoms with Crippen LogP contribution in [0.25, 0.3) is 0 Å². The molecule has 0 rings (SSSR count). The van der Waals surface area contributed by atoms with Crippen LogP contribution in [0.1, 0.15) is 92.4 Å². The molecule has 27 heavy (non-hydrogen) atoms. The summed E-state index contributed by atoms with van der Waals surface area (Å²) in [5.74, 6) is 2.00. The second kappa shape index (κ2) is 16.5. The zero-order valence-corrected chi connectivity index (χ0v) is 19.4. The van der Waals surface area contributed by atoms with Crippen molar-refractivity contribution in [2.45, 2.75) is 98.4 Å². The SMILES string of the molecule is C/C(=C\CN[C@@H](CS)C(=O)O)CCC[C@H](C)CCC[C@H](C)CCCC(C)C. The van der Waals surface area contributed by atoms with Crippen LogP contribution in [0.3, 0.4) is 0 Å². The highest BCUT2D eigenvalue weighted by molar-refractivity contribution is 7.80. The molecule has 0 amide bonds. The van der Waals surface area contributed by atoms with Gasteiger partial charge in [0.1, 0.15) is 6.04 Å². The number of thiol groups is 1. The average Bonchev–Trinajstić information content (AvgIpc) is 2.58. The standard InChI is InChI=1S/C23H45NO2S/c1-18(2)9-6-10-19(3)11-7-12-20(4)13-8-14-21(5)15-16-24-22(17-27)23(25)26/h15,18-20,22,24,27H,6-14,16-17H2,1-5H3,(H,25,26)/b21-15+/t19-,20-,22+/m1/s1. The third-order valence-corrected chi connectivity index (χ3v) is 5.80. The fourth-order valence-electron chi connectivity index (χ4n) is 3.41. The van der Waals surface area contributed by atoms with Crippen LogP contribution in [0.4, 0.5) is 0 Å². The number of carbonyl (C=O) groups is 1. The van der Waals surface area contributed by atoms with Crippen LogP contribution in [0.5, 0.6) is 0 Å². The Labute approximate surface area is 174 Å². The molecule has 0 radical (unpaired) electrons. The number of carboxylic acid groups (broad SMARTS) is 1. The molecule has 0 fully saturated rings. The first-order valence-corrected chi connectivity index (χ1v) is 11.6. The Morgan fingerprint density at radius 3 is 1.96 bits per heavy atom. The van der Waals surface area contributed by atoms with Crippen molar-refractivity contribution < 1.29 is 9.90 Å². The highest BCUT2D eigenvalue weighted by atomic mass is 32.1. The number of carboxylic acids is 1. The van der Waals surface area contributed by atoms with E-state index in [0.29, 0.717) is 12.3 Å². The predicted molar refractivity (Wildman–Crippen MR) is 122 cm³/mol. The van der Waals surface area contributed by atoms with Gasteiger partial charge in [0, 0.05) is 12.3 Å². The van der Waals surface area contributed by atoms with E-state index < -0.39 is 12.0 Å². The van der Waals surface area contributed by atoms with Crippen LogP contribution >= 0.6 is 12.6 Å².